The van der Waals surface area contributed by atoms with Crippen LogP contribution < -0.4 is 10.6 Å². The van der Waals surface area contributed by atoms with E-state index in [9.17, 15) is 0 Å². The number of aromatic nitrogens is 1. The fourth-order valence-electron chi connectivity index (χ4n) is 3.14. The molecular formula is C18H34IN5O. The molecule has 6 nitrogen and oxygen atoms in total. The Morgan fingerprint density at radius 1 is 1.24 bits per heavy atom. The lowest BCUT2D eigenvalue weighted by molar-refractivity contribution is 0.192. The van der Waals surface area contributed by atoms with Crippen LogP contribution in [0.4, 0.5) is 0 Å². The highest BCUT2D eigenvalue weighted by atomic mass is 127. The van der Waals surface area contributed by atoms with E-state index in [2.05, 4.69) is 53.4 Å². The summed E-state index contributed by atoms with van der Waals surface area (Å²) in [6, 6.07) is 2.55. The van der Waals surface area contributed by atoms with E-state index >= 15 is 0 Å². The Morgan fingerprint density at radius 3 is 2.44 bits per heavy atom. The molecule has 1 fully saturated rings. The Hall–Kier alpha value is -0.830. The number of hydrogen-bond donors (Lipinski definition) is 2. The summed E-state index contributed by atoms with van der Waals surface area (Å²) in [6.07, 6.45) is 2.64. The summed E-state index contributed by atoms with van der Waals surface area (Å²) in [7, 11) is 1.80. The Bertz CT molecular complexity index is 523. The van der Waals surface area contributed by atoms with E-state index in [4.69, 9.17) is 4.52 Å². The number of likely N-dealkylation sites (tertiary alicyclic amines) is 1. The van der Waals surface area contributed by atoms with Crippen LogP contribution in [0.5, 0.6) is 0 Å². The molecule has 25 heavy (non-hydrogen) atoms. The van der Waals surface area contributed by atoms with Gasteiger partial charge in [-0.3, -0.25) is 9.89 Å². The molecule has 1 unspecified atom stereocenters. The second kappa shape index (κ2) is 11.0. The lowest BCUT2D eigenvalue weighted by Gasteiger charge is -2.31. The third kappa shape index (κ3) is 6.77. The van der Waals surface area contributed by atoms with E-state index in [1.807, 2.05) is 6.07 Å². The fourth-order valence-corrected chi connectivity index (χ4v) is 3.14. The van der Waals surface area contributed by atoms with Crippen LogP contribution in [0.3, 0.4) is 0 Å². The summed E-state index contributed by atoms with van der Waals surface area (Å²) < 4.78 is 5.36. The molecule has 1 atom stereocenters. The third-order valence-electron chi connectivity index (χ3n) is 4.68. The number of halogens is 1. The fraction of sp³-hybridized carbons (Fsp3) is 0.778. The van der Waals surface area contributed by atoms with Gasteiger partial charge in [-0.05, 0) is 37.8 Å². The third-order valence-corrected chi connectivity index (χ3v) is 4.68. The molecule has 1 saturated heterocycles. The average Bonchev–Trinajstić information content (AvgIpc) is 3.21. The SMILES string of the molecule is CN=C(NCc1cc(C(C)C)no1)NCC(C(C)C)N1CCCC1.I. The molecule has 0 spiro atoms. The summed E-state index contributed by atoms with van der Waals surface area (Å²) >= 11 is 0. The predicted octanol–water partition coefficient (Wildman–Crippen LogP) is 3.20. The molecule has 0 saturated carbocycles. The van der Waals surface area contributed by atoms with Crippen molar-refractivity contribution in [3.8, 4) is 0 Å². The molecule has 1 aromatic heterocycles. The maximum Gasteiger partial charge on any atom is 0.191 e. The van der Waals surface area contributed by atoms with Gasteiger partial charge < -0.3 is 15.2 Å². The number of hydrogen-bond acceptors (Lipinski definition) is 4. The van der Waals surface area contributed by atoms with E-state index < -0.39 is 0 Å². The van der Waals surface area contributed by atoms with Gasteiger partial charge in [-0.2, -0.15) is 0 Å². The molecule has 7 heteroatoms. The van der Waals surface area contributed by atoms with Gasteiger partial charge in [0.25, 0.3) is 0 Å². The Labute approximate surface area is 169 Å². The standard InChI is InChI=1S/C18H33N5O.HI/c1-13(2)16-10-15(24-22-16)11-20-18(19-5)21-12-17(14(3)4)23-8-6-7-9-23;/h10,13-14,17H,6-9,11-12H2,1-5H3,(H2,19,20,21);1H. The van der Waals surface area contributed by atoms with E-state index in [1.54, 1.807) is 7.05 Å². The van der Waals surface area contributed by atoms with Crippen molar-refractivity contribution in [3.05, 3.63) is 17.5 Å². The summed E-state index contributed by atoms with van der Waals surface area (Å²) in [6.45, 7) is 12.7. The molecule has 1 aromatic rings. The van der Waals surface area contributed by atoms with Crippen molar-refractivity contribution in [1.82, 2.24) is 20.7 Å². The van der Waals surface area contributed by atoms with Crippen LogP contribution in [0.25, 0.3) is 0 Å². The molecule has 0 bridgehead atoms. The molecule has 2 heterocycles. The van der Waals surface area contributed by atoms with Crippen molar-refractivity contribution >= 4 is 29.9 Å². The smallest absolute Gasteiger partial charge is 0.191 e. The van der Waals surface area contributed by atoms with Gasteiger partial charge in [-0.25, -0.2) is 0 Å². The quantitative estimate of drug-likeness (QED) is 0.370. The van der Waals surface area contributed by atoms with Crippen LogP contribution in [0.2, 0.25) is 0 Å². The minimum Gasteiger partial charge on any atom is -0.359 e. The average molecular weight is 463 g/mol. The molecule has 2 N–H and O–H groups in total. The summed E-state index contributed by atoms with van der Waals surface area (Å²) in [5.41, 5.74) is 0.989. The predicted molar refractivity (Wildman–Crippen MR) is 114 cm³/mol. The summed E-state index contributed by atoms with van der Waals surface area (Å²) in [5.74, 6) is 2.65. The van der Waals surface area contributed by atoms with Crippen molar-refractivity contribution in [2.75, 3.05) is 26.7 Å². The Morgan fingerprint density at radius 2 is 1.92 bits per heavy atom. The maximum absolute atomic E-state index is 5.36. The monoisotopic (exact) mass is 463 g/mol. The molecule has 0 aliphatic carbocycles. The zero-order valence-corrected chi connectivity index (χ0v) is 18.5. The minimum atomic E-state index is 0. The number of rotatable bonds is 7. The molecule has 2 rings (SSSR count). The van der Waals surface area contributed by atoms with Crippen LogP contribution in [0, 0.1) is 5.92 Å². The highest BCUT2D eigenvalue weighted by Crippen LogP contribution is 2.17. The summed E-state index contributed by atoms with van der Waals surface area (Å²) in [4.78, 5) is 6.91. The highest BCUT2D eigenvalue weighted by molar-refractivity contribution is 14.0. The molecule has 0 amide bonds. The molecule has 0 radical (unpaired) electrons. The largest absolute Gasteiger partial charge is 0.359 e. The normalized spacial score (nSPS) is 17.0. The van der Waals surface area contributed by atoms with E-state index in [0.717, 1.165) is 24.0 Å². The Kier molecular flexibility index (Phi) is 9.78. The molecule has 1 aliphatic heterocycles. The van der Waals surface area contributed by atoms with Gasteiger partial charge in [-0.1, -0.05) is 32.9 Å². The molecule has 1 aliphatic rings. The molecule has 144 valence electrons. The van der Waals surface area contributed by atoms with Gasteiger partial charge in [0.15, 0.2) is 11.7 Å². The van der Waals surface area contributed by atoms with Gasteiger partial charge in [-0.15, -0.1) is 24.0 Å². The number of nitrogens with zero attached hydrogens (tertiary/aromatic N) is 3. The molecule has 0 aromatic carbocycles. The van der Waals surface area contributed by atoms with Gasteiger partial charge >= 0.3 is 0 Å². The second-order valence-electron chi connectivity index (χ2n) is 7.23. The first kappa shape index (κ1) is 22.2. The number of nitrogens with one attached hydrogen (secondary N) is 2. The van der Waals surface area contributed by atoms with Crippen LogP contribution in [0.15, 0.2) is 15.6 Å². The first-order valence-electron chi connectivity index (χ1n) is 9.15. The zero-order chi connectivity index (χ0) is 17.5. The first-order chi connectivity index (χ1) is 11.5. The highest BCUT2D eigenvalue weighted by Gasteiger charge is 2.24. The lowest BCUT2D eigenvalue weighted by atomic mass is 10.0. The van der Waals surface area contributed by atoms with Crippen molar-refractivity contribution < 1.29 is 4.52 Å². The second-order valence-corrected chi connectivity index (χ2v) is 7.23. The maximum atomic E-state index is 5.36. The van der Waals surface area contributed by atoms with Crippen molar-refractivity contribution in [2.45, 2.75) is 59.0 Å². The lowest BCUT2D eigenvalue weighted by Crippen LogP contribution is -2.48. The van der Waals surface area contributed by atoms with Crippen LogP contribution in [-0.4, -0.2) is 48.7 Å². The van der Waals surface area contributed by atoms with Crippen LogP contribution in [-0.2, 0) is 6.54 Å². The van der Waals surface area contributed by atoms with Gasteiger partial charge in [0, 0.05) is 25.7 Å². The van der Waals surface area contributed by atoms with Crippen molar-refractivity contribution in [1.29, 1.82) is 0 Å². The summed E-state index contributed by atoms with van der Waals surface area (Å²) in [5, 5.41) is 10.9. The topological polar surface area (TPSA) is 65.7 Å². The number of guanidine groups is 1. The van der Waals surface area contributed by atoms with Gasteiger partial charge in [0.2, 0.25) is 0 Å². The van der Waals surface area contributed by atoms with E-state index in [1.165, 1.54) is 25.9 Å². The minimum absolute atomic E-state index is 0. The zero-order valence-electron chi connectivity index (χ0n) is 16.2. The van der Waals surface area contributed by atoms with Gasteiger partial charge in [0.1, 0.15) is 0 Å². The Balaban J connectivity index is 0.00000312. The van der Waals surface area contributed by atoms with Crippen molar-refractivity contribution in [3.63, 3.8) is 0 Å². The molecular weight excluding hydrogens is 429 g/mol. The van der Waals surface area contributed by atoms with E-state index in [-0.39, 0.29) is 24.0 Å². The van der Waals surface area contributed by atoms with Crippen LogP contribution >= 0.6 is 24.0 Å². The van der Waals surface area contributed by atoms with Gasteiger partial charge in [0.05, 0.1) is 12.2 Å². The number of aliphatic imine (C=N–C) groups is 1. The van der Waals surface area contributed by atoms with Crippen molar-refractivity contribution in [2.24, 2.45) is 10.9 Å². The van der Waals surface area contributed by atoms with E-state index in [0.29, 0.717) is 24.4 Å². The van der Waals surface area contributed by atoms with Crippen LogP contribution in [0.1, 0.15) is 57.9 Å². The first-order valence-corrected chi connectivity index (χ1v) is 9.15.